The zero-order chi connectivity index (χ0) is 34.5. The Kier molecular flexibility index (Phi) is 7.23. The van der Waals surface area contributed by atoms with Crippen LogP contribution < -0.4 is 15.0 Å². The van der Waals surface area contributed by atoms with Gasteiger partial charge in [0.15, 0.2) is 5.82 Å². The lowest BCUT2D eigenvalue weighted by molar-refractivity contribution is 0.107. The molecule has 0 saturated carbocycles. The molecular formula is C37H34F5N7O. The largest absolute Gasteiger partial charge is 0.461 e. The van der Waals surface area contributed by atoms with Gasteiger partial charge in [-0.05, 0) is 61.4 Å². The number of alkyl halides is 3. The fourth-order valence-electron chi connectivity index (χ4n) is 9.00. The smallest absolute Gasteiger partial charge is 0.319 e. The predicted molar refractivity (Wildman–Crippen MR) is 180 cm³/mol. The number of aromatic nitrogens is 4. The number of ether oxygens (including phenoxy) is 1. The Morgan fingerprint density at radius 1 is 1.08 bits per heavy atom. The van der Waals surface area contributed by atoms with Crippen LogP contribution in [0.4, 0.5) is 27.8 Å². The Balaban J connectivity index is 1.31. The molecule has 8 nitrogen and oxygen atoms in total. The maximum atomic E-state index is 17.6. The summed E-state index contributed by atoms with van der Waals surface area (Å²) in [6, 6.07) is 5.26. The molecule has 2 bridgehead atoms. The fraction of sp³-hybridized carbons (Fsp3) is 0.432. The molecule has 3 aromatic carbocycles. The number of hydrogen-bond donors (Lipinski definition) is 1. The number of piperazine rings is 1. The van der Waals surface area contributed by atoms with Crippen LogP contribution in [0.1, 0.15) is 49.7 Å². The summed E-state index contributed by atoms with van der Waals surface area (Å²) in [6.45, 7) is 2.51. The number of halogens is 5. The molecule has 5 aromatic rings. The van der Waals surface area contributed by atoms with Gasteiger partial charge in [0.1, 0.15) is 35.4 Å². The summed E-state index contributed by atoms with van der Waals surface area (Å²) in [5.74, 6) is 1.24. The Labute approximate surface area is 284 Å². The van der Waals surface area contributed by atoms with Crippen LogP contribution in [0.5, 0.6) is 6.01 Å². The maximum absolute atomic E-state index is 17.6. The van der Waals surface area contributed by atoms with Gasteiger partial charge >= 0.3 is 6.01 Å². The van der Waals surface area contributed by atoms with Crippen molar-refractivity contribution in [1.82, 2.24) is 30.0 Å². The van der Waals surface area contributed by atoms with Gasteiger partial charge in [0.05, 0.1) is 16.5 Å². The van der Waals surface area contributed by atoms with Gasteiger partial charge in [-0.25, -0.2) is 22.0 Å². The number of hydrogen-bond acceptors (Lipinski definition) is 7. The summed E-state index contributed by atoms with van der Waals surface area (Å²) < 4.78 is 83.8. The molecule has 0 radical (unpaired) electrons. The Morgan fingerprint density at radius 3 is 2.64 bits per heavy atom. The van der Waals surface area contributed by atoms with Gasteiger partial charge in [0.2, 0.25) is 0 Å². The van der Waals surface area contributed by atoms with Gasteiger partial charge in [0, 0.05) is 73.3 Å². The van der Waals surface area contributed by atoms with Crippen molar-refractivity contribution in [1.29, 1.82) is 0 Å². The second-order valence-electron chi connectivity index (χ2n) is 14.2. The summed E-state index contributed by atoms with van der Waals surface area (Å²) in [5, 5.41) is 9.51. The highest BCUT2D eigenvalue weighted by Crippen LogP contribution is 2.46. The minimum absolute atomic E-state index is 0.0170. The van der Waals surface area contributed by atoms with Crippen LogP contribution in [-0.2, 0) is 7.05 Å². The SMILES string of the molecule is C#Cc1c(F)ccc2cc(C(F)F)cc(-c3c(F)c4nc(OC[C@@]56CCCN5C[C@H](F)C6)nc(N5C[C@H]6CC[C@@H](C5)N6)c4c4cn(C)nc34)c12. The number of rotatable bonds is 6. The average molecular weight is 688 g/mol. The highest BCUT2D eigenvalue weighted by atomic mass is 19.3. The highest BCUT2D eigenvalue weighted by Gasteiger charge is 2.49. The minimum Gasteiger partial charge on any atom is -0.461 e. The molecule has 13 heteroatoms. The van der Waals surface area contributed by atoms with Crippen LogP contribution in [-0.4, -0.2) is 81.2 Å². The molecule has 0 aliphatic carbocycles. The summed E-state index contributed by atoms with van der Waals surface area (Å²) in [5.41, 5.74) is -1.10. The average Bonchev–Trinajstić information content (AvgIpc) is 3.84. The molecule has 2 aromatic heterocycles. The first-order chi connectivity index (χ1) is 24.1. The van der Waals surface area contributed by atoms with E-state index >= 15 is 8.78 Å². The van der Waals surface area contributed by atoms with Crippen molar-refractivity contribution in [2.24, 2.45) is 7.05 Å². The van der Waals surface area contributed by atoms with Crippen molar-refractivity contribution in [3.63, 3.8) is 0 Å². The van der Waals surface area contributed by atoms with E-state index in [0.29, 0.717) is 42.6 Å². The second kappa shape index (κ2) is 11.5. The summed E-state index contributed by atoms with van der Waals surface area (Å²) in [7, 11) is 1.68. The third-order valence-corrected chi connectivity index (χ3v) is 11.1. The van der Waals surface area contributed by atoms with E-state index in [1.165, 1.54) is 16.8 Å². The van der Waals surface area contributed by atoms with Gasteiger partial charge < -0.3 is 15.0 Å². The third-order valence-electron chi connectivity index (χ3n) is 11.1. The van der Waals surface area contributed by atoms with Crippen molar-refractivity contribution >= 4 is 38.4 Å². The first-order valence-corrected chi connectivity index (χ1v) is 17.0. The van der Waals surface area contributed by atoms with E-state index in [0.717, 1.165) is 44.4 Å². The number of aryl methyl sites for hydroxylation is 1. The van der Waals surface area contributed by atoms with Gasteiger partial charge in [-0.15, -0.1) is 6.42 Å². The molecule has 0 amide bonds. The van der Waals surface area contributed by atoms with E-state index in [1.54, 1.807) is 13.2 Å². The van der Waals surface area contributed by atoms with E-state index in [2.05, 4.69) is 31.1 Å². The summed E-state index contributed by atoms with van der Waals surface area (Å²) in [6.07, 6.45) is 7.66. The topological polar surface area (TPSA) is 71.3 Å². The number of nitrogens with zero attached hydrogens (tertiary/aromatic N) is 6. The van der Waals surface area contributed by atoms with Crippen LogP contribution in [0.15, 0.2) is 30.5 Å². The lowest BCUT2D eigenvalue weighted by atomic mass is 9.90. The van der Waals surface area contributed by atoms with Crippen molar-refractivity contribution in [2.45, 2.75) is 62.3 Å². The quantitative estimate of drug-likeness (QED) is 0.163. The minimum atomic E-state index is -2.90. The lowest BCUT2D eigenvalue weighted by Gasteiger charge is -2.35. The number of anilines is 1. The Morgan fingerprint density at radius 2 is 1.88 bits per heavy atom. The molecule has 6 heterocycles. The number of benzene rings is 3. The second-order valence-corrected chi connectivity index (χ2v) is 14.2. The standard InChI is InChI=1S/C37H34F5N7O/c1-3-24-27(39)8-5-19-11-20(34(41)42)12-25(28(19)24)29-31(40)33-30(26-17-47(2)46-32(26)29)35(48-15-22-6-7-23(16-48)43-22)45-36(44-33)50-18-37-9-4-10-49(37)14-21(38)13-37/h1,5,8,11-12,17,21-23,34,43H,4,6-7,9-10,13-16,18H2,2H3/t21-,22-,23+,37+/m1/s1. The van der Waals surface area contributed by atoms with Crippen LogP contribution in [0.3, 0.4) is 0 Å². The normalized spacial score (nSPS) is 25.0. The van der Waals surface area contributed by atoms with Crippen LogP contribution in [0.25, 0.3) is 43.7 Å². The van der Waals surface area contributed by atoms with Gasteiger partial charge in [0.25, 0.3) is 6.43 Å². The first kappa shape index (κ1) is 31.4. The first-order valence-electron chi connectivity index (χ1n) is 17.0. The van der Waals surface area contributed by atoms with Crippen molar-refractivity contribution in [3.05, 3.63) is 53.2 Å². The summed E-state index contributed by atoms with van der Waals surface area (Å²) in [4.78, 5) is 13.8. The van der Waals surface area contributed by atoms with E-state index in [-0.39, 0.29) is 68.8 Å². The molecule has 4 aliphatic rings. The number of fused-ring (bicyclic) bond motifs is 7. The van der Waals surface area contributed by atoms with E-state index < -0.39 is 29.8 Å². The third kappa shape index (κ3) is 4.82. The number of nitrogens with one attached hydrogen (secondary N) is 1. The van der Waals surface area contributed by atoms with E-state index in [4.69, 9.17) is 16.1 Å². The molecular weight excluding hydrogens is 653 g/mol. The van der Waals surface area contributed by atoms with E-state index in [9.17, 15) is 13.2 Å². The maximum Gasteiger partial charge on any atom is 0.319 e. The van der Waals surface area contributed by atoms with Crippen LogP contribution in [0, 0.1) is 24.0 Å². The molecule has 9 rings (SSSR count). The van der Waals surface area contributed by atoms with Crippen molar-refractivity contribution in [3.8, 4) is 29.5 Å². The number of terminal acetylenes is 1. The fourth-order valence-corrected chi connectivity index (χ4v) is 9.00. The highest BCUT2D eigenvalue weighted by molar-refractivity contribution is 6.18. The zero-order valence-corrected chi connectivity index (χ0v) is 27.3. The zero-order valence-electron chi connectivity index (χ0n) is 27.3. The molecule has 4 fully saturated rings. The molecule has 258 valence electrons. The van der Waals surface area contributed by atoms with Gasteiger partial charge in [-0.3, -0.25) is 9.58 Å². The molecule has 4 saturated heterocycles. The molecule has 0 spiro atoms. The molecule has 1 N–H and O–H groups in total. The monoisotopic (exact) mass is 687 g/mol. The molecule has 0 unspecified atom stereocenters. The molecule has 4 atom stereocenters. The lowest BCUT2D eigenvalue weighted by Crippen LogP contribution is -2.51. The molecule has 50 heavy (non-hydrogen) atoms. The van der Waals surface area contributed by atoms with Gasteiger partial charge in [-0.1, -0.05) is 12.0 Å². The van der Waals surface area contributed by atoms with Crippen molar-refractivity contribution < 1.29 is 26.7 Å². The van der Waals surface area contributed by atoms with Crippen LogP contribution >= 0.6 is 0 Å². The molecule has 4 aliphatic heterocycles. The Bertz CT molecular complexity index is 2240. The Hall–Kier alpha value is -4.54. The van der Waals surface area contributed by atoms with Crippen LogP contribution in [0.2, 0.25) is 0 Å². The van der Waals surface area contributed by atoms with Crippen molar-refractivity contribution in [2.75, 3.05) is 37.7 Å². The van der Waals surface area contributed by atoms with E-state index in [1.807, 2.05) is 0 Å². The predicted octanol–water partition coefficient (Wildman–Crippen LogP) is 6.43. The van der Waals surface area contributed by atoms with Gasteiger partial charge in [-0.2, -0.15) is 15.1 Å². The summed E-state index contributed by atoms with van der Waals surface area (Å²) >= 11 is 0.